The lowest BCUT2D eigenvalue weighted by Gasteiger charge is -2.09. The molecule has 21 heavy (non-hydrogen) atoms. The van der Waals surface area contributed by atoms with Crippen molar-refractivity contribution in [3.63, 3.8) is 0 Å². The van der Waals surface area contributed by atoms with Crippen LogP contribution in [-0.2, 0) is 0 Å². The van der Waals surface area contributed by atoms with E-state index >= 15 is 0 Å². The Balaban J connectivity index is 2.34. The van der Waals surface area contributed by atoms with E-state index in [0.717, 1.165) is 6.07 Å². The molecular formula is C14H8Br2FNO3. The second kappa shape index (κ2) is 6.36. The molecule has 0 unspecified atom stereocenters. The van der Waals surface area contributed by atoms with Crippen LogP contribution in [0.25, 0.3) is 0 Å². The van der Waals surface area contributed by atoms with E-state index in [2.05, 4.69) is 37.2 Å². The Kier molecular flexibility index (Phi) is 4.74. The number of benzene rings is 2. The van der Waals surface area contributed by atoms with E-state index in [0.29, 0.717) is 8.95 Å². The molecule has 0 heterocycles. The highest BCUT2D eigenvalue weighted by atomic mass is 79.9. The molecule has 2 aromatic carbocycles. The number of nitrogens with one attached hydrogen (secondary N) is 1. The number of carbonyl (C=O) groups excluding carboxylic acids is 1. The Morgan fingerprint density at radius 3 is 2.24 bits per heavy atom. The number of halogens is 3. The van der Waals surface area contributed by atoms with E-state index in [1.807, 2.05) is 0 Å². The summed E-state index contributed by atoms with van der Waals surface area (Å²) in [5.74, 6) is -2.61. The van der Waals surface area contributed by atoms with Gasteiger partial charge in [-0.25, -0.2) is 9.18 Å². The molecule has 0 aromatic heterocycles. The highest BCUT2D eigenvalue weighted by molar-refractivity contribution is 9.10. The molecule has 2 rings (SSSR count). The van der Waals surface area contributed by atoms with E-state index in [1.165, 1.54) is 24.3 Å². The van der Waals surface area contributed by atoms with E-state index < -0.39 is 17.7 Å². The summed E-state index contributed by atoms with van der Waals surface area (Å²) in [5, 5.41) is 11.5. The Morgan fingerprint density at radius 2 is 1.62 bits per heavy atom. The zero-order valence-corrected chi connectivity index (χ0v) is 13.5. The second-order valence-electron chi connectivity index (χ2n) is 4.07. The fourth-order valence-corrected chi connectivity index (χ4v) is 2.36. The maximum atomic E-state index is 13.7. The number of hydrogen-bond acceptors (Lipinski definition) is 2. The van der Waals surface area contributed by atoms with E-state index in [-0.39, 0.29) is 16.8 Å². The van der Waals surface area contributed by atoms with Gasteiger partial charge in [-0.3, -0.25) is 4.79 Å². The topological polar surface area (TPSA) is 66.4 Å². The van der Waals surface area contributed by atoms with Crippen LogP contribution in [0.3, 0.4) is 0 Å². The number of anilines is 1. The van der Waals surface area contributed by atoms with Gasteiger partial charge in [0.25, 0.3) is 5.91 Å². The molecule has 0 saturated carbocycles. The van der Waals surface area contributed by atoms with Gasteiger partial charge in [0.15, 0.2) is 0 Å². The lowest BCUT2D eigenvalue weighted by atomic mass is 10.1. The maximum absolute atomic E-state index is 13.7. The average Bonchev–Trinajstić information content (AvgIpc) is 2.40. The second-order valence-corrected chi connectivity index (χ2v) is 5.90. The molecule has 0 spiro atoms. The molecule has 1 amide bonds. The minimum absolute atomic E-state index is 0.0877. The third-order valence-electron chi connectivity index (χ3n) is 2.64. The van der Waals surface area contributed by atoms with Crippen molar-refractivity contribution in [1.29, 1.82) is 0 Å². The van der Waals surface area contributed by atoms with Crippen molar-refractivity contribution in [2.45, 2.75) is 0 Å². The van der Waals surface area contributed by atoms with E-state index in [9.17, 15) is 14.0 Å². The third-order valence-corrected chi connectivity index (χ3v) is 3.62. The van der Waals surface area contributed by atoms with E-state index in [1.54, 1.807) is 6.07 Å². The molecule has 2 aromatic rings. The van der Waals surface area contributed by atoms with Crippen molar-refractivity contribution in [2.24, 2.45) is 0 Å². The van der Waals surface area contributed by atoms with Gasteiger partial charge in [0.1, 0.15) is 5.82 Å². The third kappa shape index (κ3) is 3.68. The summed E-state index contributed by atoms with van der Waals surface area (Å²) >= 11 is 6.25. The number of carboxylic acids is 1. The summed E-state index contributed by atoms with van der Waals surface area (Å²) in [4.78, 5) is 23.2. The summed E-state index contributed by atoms with van der Waals surface area (Å²) in [6.45, 7) is 0. The molecule has 2 N–H and O–H groups in total. The average molecular weight is 417 g/mol. The number of carbonyl (C=O) groups is 2. The molecule has 7 heteroatoms. The van der Waals surface area contributed by atoms with E-state index in [4.69, 9.17) is 5.11 Å². The van der Waals surface area contributed by atoms with Crippen LogP contribution in [0.2, 0.25) is 0 Å². The Labute approximate surface area is 136 Å². The van der Waals surface area contributed by atoms with Crippen LogP contribution in [0.1, 0.15) is 20.7 Å². The fraction of sp³-hybridized carbons (Fsp3) is 0. The maximum Gasteiger partial charge on any atom is 0.337 e. The summed E-state index contributed by atoms with van der Waals surface area (Å²) in [5.41, 5.74) is -0.161. The van der Waals surface area contributed by atoms with Crippen LogP contribution in [0.15, 0.2) is 45.3 Å². The van der Waals surface area contributed by atoms with Crippen molar-refractivity contribution in [3.8, 4) is 0 Å². The predicted octanol–water partition coefficient (Wildman–Crippen LogP) is 4.30. The molecule has 0 aliphatic carbocycles. The lowest BCUT2D eigenvalue weighted by molar-refractivity contribution is 0.0698. The van der Waals surface area contributed by atoms with Gasteiger partial charge in [0.2, 0.25) is 0 Å². The Morgan fingerprint density at radius 1 is 1.00 bits per heavy atom. The molecule has 0 radical (unpaired) electrons. The van der Waals surface area contributed by atoms with Gasteiger partial charge in [-0.2, -0.15) is 0 Å². The number of hydrogen-bond donors (Lipinski definition) is 2. The summed E-state index contributed by atoms with van der Waals surface area (Å²) in [7, 11) is 0. The summed E-state index contributed by atoms with van der Waals surface area (Å²) in [6.07, 6.45) is 0. The minimum atomic E-state index is -1.19. The number of amides is 1. The summed E-state index contributed by atoms with van der Waals surface area (Å²) in [6, 6.07) is 8.37. The number of aromatic carboxylic acids is 1. The van der Waals surface area contributed by atoms with Gasteiger partial charge >= 0.3 is 5.97 Å². The van der Waals surface area contributed by atoms with Crippen molar-refractivity contribution in [3.05, 3.63) is 62.3 Å². The predicted molar refractivity (Wildman–Crippen MR) is 83.2 cm³/mol. The molecule has 0 fully saturated rings. The zero-order chi connectivity index (χ0) is 15.6. The molecule has 0 saturated heterocycles. The first-order valence-electron chi connectivity index (χ1n) is 5.67. The lowest BCUT2D eigenvalue weighted by Crippen LogP contribution is -2.16. The standard InChI is InChI=1S/C14H8Br2FNO3/c15-7-2-4-12(10(5-7)14(20)21)18-13(19)9-3-1-8(16)6-11(9)17/h1-6H,(H,18,19)(H,20,21). The van der Waals surface area contributed by atoms with Gasteiger partial charge in [-0.15, -0.1) is 0 Å². The SMILES string of the molecule is O=C(Nc1ccc(Br)cc1C(=O)O)c1ccc(Br)cc1F. The largest absolute Gasteiger partial charge is 0.478 e. The Bertz CT molecular complexity index is 734. The van der Waals surface area contributed by atoms with Crippen molar-refractivity contribution in [2.75, 3.05) is 5.32 Å². The number of rotatable bonds is 3. The molecule has 0 aliphatic heterocycles. The zero-order valence-electron chi connectivity index (χ0n) is 10.4. The van der Waals surface area contributed by atoms with Crippen molar-refractivity contribution in [1.82, 2.24) is 0 Å². The molecule has 0 bridgehead atoms. The van der Waals surface area contributed by atoms with Gasteiger partial charge < -0.3 is 10.4 Å². The van der Waals surface area contributed by atoms with Crippen LogP contribution in [0, 0.1) is 5.82 Å². The first-order valence-corrected chi connectivity index (χ1v) is 7.26. The van der Waals surface area contributed by atoms with Gasteiger partial charge in [-0.05, 0) is 36.4 Å². The van der Waals surface area contributed by atoms with Crippen molar-refractivity contribution >= 4 is 49.4 Å². The molecular weight excluding hydrogens is 409 g/mol. The molecule has 0 aliphatic rings. The Hall–Kier alpha value is -1.73. The van der Waals surface area contributed by atoms with Crippen molar-refractivity contribution < 1.29 is 19.1 Å². The van der Waals surface area contributed by atoms with Crippen LogP contribution < -0.4 is 5.32 Å². The normalized spacial score (nSPS) is 10.2. The van der Waals surface area contributed by atoms with Gasteiger partial charge in [0, 0.05) is 8.95 Å². The monoisotopic (exact) mass is 415 g/mol. The molecule has 0 atom stereocenters. The first-order chi connectivity index (χ1) is 9.88. The van der Waals surface area contributed by atoms with Gasteiger partial charge in [-0.1, -0.05) is 31.9 Å². The van der Waals surface area contributed by atoms with Crippen LogP contribution >= 0.6 is 31.9 Å². The molecule has 4 nitrogen and oxygen atoms in total. The highest BCUT2D eigenvalue weighted by Crippen LogP contribution is 2.23. The molecule has 108 valence electrons. The summed E-state index contributed by atoms with van der Waals surface area (Å²) < 4.78 is 14.8. The van der Waals surface area contributed by atoms with Crippen LogP contribution in [0.4, 0.5) is 10.1 Å². The fourth-order valence-electron chi connectivity index (χ4n) is 1.67. The quantitative estimate of drug-likeness (QED) is 0.783. The number of carboxylic acid groups (broad SMARTS) is 1. The highest BCUT2D eigenvalue weighted by Gasteiger charge is 2.16. The smallest absolute Gasteiger partial charge is 0.337 e. The van der Waals surface area contributed by atoms with Crippen LogP contribution in [0.5, 0.6) is 0 Å². The minimum Gasteiger partial charge on any atom is -0.478 e. The van der Waals surface area contributed by atoms with Crippen LogP contribution in [-0.4, -0.2) is 17.0 Å². The van der Waals surface area contributed by atoms with Gasteiger partial charge in [0.05, 0.1) is 16.8 Å². The first kappa shape index (κ1) is 15.7.